The lowest BCUT2D eigenvalue weighted by Crippen LogP contribution is -2.36. The minimum atomic E-state index is -4.49. The molecule has 0 bridgehead atoms. The lowest BCUT2D eigenvalue weighted by Gasteiger charge is -2.34. The number of halogens is 3. The standard InChI is InChI=1S/C24H23F3N4O/c1-14-5-7-16(8-6-14)20-12-21(24(25,26)27)31-22(30-20)19(13-28-31)23(32)29-18-10-9-15-3-2-4-17(15)11-18/h5-11,13,20-21,30H,2-4,12H2,1H3,(H,29,32). The third-order valence-corrected chi connectivity index (χ3v) is 6.32. The summed E-state index contributed by atoms with van der Waals surface area (Å²) < 4.78 is 42.5. The maximum absolute atomic E-state index is 13.9. The van der Waals surface area contributed by atoms with Crippen molar-refractivity contribution in [2.24, 2.45) is 0 Å². The van der Waals surface area contributed by atoms with Crippen molar-refractivity contribution < 1.29 is 18.0 Å². The Morgan fingerprint density at radius 2 is 1.88 bits per heavy atom. The molecule has 2 atom stereocenters. The summed E-state index contributed by atoms with van der Waals surface area (Å²) in [5, 5.41) is 9.90. The normalized spacial score (nSPS) is 19.8. The Bertz CT molecular complexity index is 1170. The van der Waals surface area contributed by atoms with Gasteiger partial charge in [0.05, 0.1) is 12.2 Å². The SMILES string of the molecule is Cc1ccc(C2CC(C(F)(F)F)n3ncc(C(=O)Nc4ccc5c(c4)CCC5)c3N2)cc1. The molecule has 1 aromatic heterocycles. The Labute approximate surface area is 183 Å². The minimum Gasteiger partial charge on any atom is -0.363 e. The Hall–Kier alpha value is -3.29. The van der Waals surface area contributed by atoms with E-state index in [1.165, 1.54) is 17.3 Å². The third kappa shape index (κ3) is 3.74. The molecule has 5 nitrogen and oxygen atoms in total. The summed E-state index contributed by atoms with van der Waals surface area (Å²) in [4.78, 5) is 13.0. The van der Waals surface area contributed by atoms with Gasteiger partial charge in [-0.3, -0.25) is 4.79 Å². The number of carbonyl (C=O) groups excluding carboxylic acids is 1. The van der Waals surface area contributed by atoms with Crippen LogP contribution in [0.2, 0.25) is 0 Å². The summed E-state index contributed by atoms with van der Waals surface area (Å²) in [6.07, 6.45) is -0.389. The molecule has 0 spiro atoms. The minimum absolute atomic E-state index is 0.0859. The summed E-state index contributed by atoms with van der Waals surface area (Å²) in [6.45, 7) is 1.92. The molecule has 5 rings (SSSR count). The molecule has 0 fully saturated rings. The van der Waals surface area contributed by atoms with Crippen molar-refractivity contribution >= 4 is 17.4 Å². The lowest BCUT2D eigenvalue weighted by molar-refractivity contribution is -0.173. The molecule has 32 heavy (non-hydrogen) atoms. The van der Waals surface area contributed by atoms with E-state index in [0.717, 1.165) is 35.1 Å². The van der Waals surface area contributed by atoms with Gasteiger partial charge in [0.15, 0.2) is 6.04 Å². The summed E-state index contributed by atoms with van der Waals surface area (Å²) in [5.41, 5.74) is 4.97. The maximum atomic E-state index is 13.9. The zero-order valence-electron chi connectivity index (χ0n) is 17.5. The van der Waals surface area contributed by atoms with Gasteiger partial charge in [0.25, 0.3) is 5.91 Å². The predicted molar refractivity (Wildman–Crippen MR) is 116 cm³/mol. The highest BCUT2D eigenvalue weighted by Gasteiger charge is 2.47. The second-order valence-corrected chi connectivity index (χ2v) is 8.54. The first-order chi connectivity index (χ1) is 15.3. The number of alkyl halides is 3. The number of aromatic nitrogens is 2. The number of hydrogen-bond donors (Lipinski definition) is 2. The van der Waals surface area contributed by atoms with Crippen molar-refractivity contribution in [2.75, 3.05) is 10.6 Å². The van der Waals surface area contributed by atoms with Gasteiger partial charge in [-0.2, -0.15) is 18.3 Å². The van der Waals surface area contributed by atoms with Crippen molar-refractivity contribution in [3.8, 4) is 0 Å². The Morgan fingerprint density at radius 1 is 1.12 bits per heavy atom. The Balaban J connectivity index is 1.46. The molecule has 2 heterocycles. The quantitative estimate of drug-likeness (QED) is 0.558. The fourth-order valence-electron chi connectivity index (χ4n) is 4.59. The first-order valence-electron chi connectivity index (χ1n) is 10.7. The van der Waals surface area contributed by atoms with Gasteiger partial charge in [-0.15, -0.1) is 0 Å². The molecule has 0 saturated heterocycles. The van der Waals surface area contributed by atoms with Crippen molar-refractivity contribution in [3.05, 3.63) is 76.5 Å². The third-order valence-electron chi connectivity index (χ3n) is 6.32. The van der Waals surface area contributed by atoms with E-state index < -0.39 is 24.2 Å². The summed E-state index contributed by atoms with van der Waals surface area (Å²) in [7, 11) is 0. The summed E-state index contributed by atoms with van der Waals surface area (Å²) >= 11 is 0. The number of benzene rings is 2. The van der Waals surface area contributed by atoms with Gasteiger partial charge < -0.3 is 10.6 Å². The maximum Gasteiger partial charge on any atom is 0.410 e. The first-order valence-corrected chi connectivity index (χ1v) is 10.7. The number of nitrogens with one attached hydrogen (secondary N) is 2. The van der Waals surface area contributed by atoms with Crippen molar-refractivity contribution in [2.45, 2.75) is 50.9 Å². The molecular weight excluding hydrogens is 417 g/mol. The summed E-state index contributed by atoms with van der Waals surface area (Å²) in [6, 6.07) is 10.7. The van der Waals surface area contributed by atoms with E-state index in [1.54, 1.807) is 0 Å². The number of hydrogen-bond acceptors (Lipinski definition) is 3. The van der Waals surface area contributed by atoms with Crippen molar-refractivity contribution in [1.29, 1.82) is 0 Å². The van der Waals surface area contributed by atoms with E-state index >= 15 is 0 Å². The predicted octanol–water partition coefficient (Wildman–Crippen LogP) is 5.59. The molecule has 0 radical (unpaired) electrons. The van der Waals surface area contributed by atoms with E-state index in [1.807, 2.05) is 49.4 Å². The van der Waals surface area contributed by atoms with Crippen LogP contribution >= 0.6 is 0 Å². The van der Waals surface area contributed by atoms with Gasteiger partial charge >= 0.3 is 6.18 Å². The van der Waals surface area contributed by atoms with E-state index in [0.29, 0.717) is 5.69 Å². The van der Waals surface area contributed by atoms with Crippen LogP contribution < -0.4 is 10.6 Å². The van der Waals surface area contributed by atoms with Gasteiger partial charge in [0, 0.05) is 12.1 Å². The molecule has 2 unspecified atom stereocenters. The highest BCUT2D eigenvalue weighted by atomic mass is 19.4. The van der Waals surface area contributed by atoms with Crippen molar-refractivity contribution in [3.63, 3.8) is 0 Å². The van der Waals surface area contributed by atoms with Crippen LogP contribution in [0.4, 0.5) is 24.7 Å². The average Bonchev–Trinajstić information content (AvgIpc) is 3.39. The number of aryl methyl sites for hydroxylation is 3. The van der Waals surface area contributed by atoms with Crippen molar-refractivity contribution in [1.82, 2.24) is 9.78 Å². The number of anilines is 2. The number of nitrogens with zero attached hydrogens (tertiary/aromatic N) is 2. The topological polar surface area (TPSA) is 59.0 Å². The van der Waals surface area contributed by atoms with E-state index in [4.69, 9.17) is 0 Å². The number of fused-ring (bicyclic) bond motifs is 2. The lowest BCUT2D eigenvalue weighted by atomic mass is 9.96. The average molecular weight is 440 g/mol. The molecule has 166 valence electrons. The van der Waals surface area contributed by atoms with Gasteiger partial charge in [-0.05, 0) is 55.0 Å². The fraction of sp³-hybridized carbons (Fsp3) is 0.333. The van der Waals surface area contributed by atoms with E-state index in [-0.39, 0.29) is 17.8 Å². The zero-order valence-corrected chi connectivity index (χ0v) is 17.5. The molecule has 8 heteroatoms. The monoisotopic (exact) mass is 440 g/mol. The second-order valence-electron chi connectivity index (χ2n) is 8.54. The van der Waals surface area contributed by atoms with Crippen LogP contribution in [-0.4, -0.2) is 21.9 Å². The van der Waals surface area contributed by atoms with Crippen LogP contribution in [0.15, 0.2) is 48.7 Å². The van der Waals surface area contributed by atoms with Crippen LogP contribution in [0.5, 0.6) is 0 Å². The van der Waals surface area contributed by atoms with Crippen LogP contribution in [-0.2, 0) is 12.8 Å². The largest absolute Gasteiger partial charge is 0.410 e. The molecule has 1 aliphatic carbocycles. The molecule has 3 aromatic rings. The van der Waals surface area contributed by atoms with E-state index in [9.17, 15) is 18.0 Å². The highest BCUT2D eigenvalue weighted by Crippen LogP contribution is 2.44. The van der Waals surface area contributed by atoms with Crippen LogP contribution in [0.3, 0.4) is 0 Å². The number of carbonyl (C=O) groups is 1. The van der Waals surface area contributed by atoms with Crippen LogP contribution in [0, 0.1) is 6.92 Å². The van der Waals surface area contributed by atoms with Gasteiger partial charge in [0.2, 0.25) is 0 Å². The molecule has 2 N–H and O–H groups in total. The smallest absolute Gasteiger partial charge is 0.363 e. The van der Waals surface area contributed by atoms with Crippen LogP contribution in [0.1, 0.15) is 57.5 Å². The molecular formula is C24H23F3N4O. The number of rotatable bonds is 3. The Kier molecular flexibility index (Phi) is 4.95. The molecule has 1 aliphatic heterocycles. The Morgan fingerprint density at radius 3 is 2.62 bits per heavy atom. The molecule has 2 aliphatic rings. The summed E-state index contributed by atoms with van der Waals surface area (Å²) in [5.74, 6) is -0.398. The fourth-order valence-corrected chi connectivity index (χ4v) is 4.59. The van der Waals surface area contributed by atoms with E-state index in [2.05, 4.69) is 15.7 Å². The second kappa shape index (κ2) is 7.69. The molecule has 1 amide bonds. The van der Waals surface area contributed by atoms with Gasteiger partial charge in [-0.1, -0.05) is 35.9 Å². The van der Waals surface area contributed by atoms with Gasteiger partial charge in [0.1, 0.15) is 11.4 Å². The first kappa shape index (κ1) is 20.6. The molecule has 2 aromatic carbocycles. The highest BCUT2D eigenvalue weighted by molar-refractivity contribution is 6.07. The zero-order chi connectivity index (χ0) is 22.5. The van der Waals surface area contributed by atoms with Gasteiger partial charge in [-0.25, -0.2) is 4.68 Å². The van der Waals surface area contributed by atoms with Crippen LogP contribution in [0.25, 0.3) is 0 Å². The number of amides is 1. The molecule has 0 saturated carbocycles.